The number of amides is 1. The Morgan fingerprint density at radius 3 is 3.07 bits per heavy atom. The van der Waals surface area contributed by atoms with Gasteiger partial charge in [-0.2, -0.15) is 0 Å². The molecule has 1 heterocycles. The summed E-state index contributed by atoms with van der Waals surface area (Å²) in [6.07, 6.45) is 2.05. The third-order valence-electron chi connectivity index (χ3n) is 2.58. The van der Waals surface area contributed by atoms with Gasteiger partial charge in [0.2, 0.25) is 5.91 Å². The van der Waals surface area contributed by atoms with Gasteiger partial charge in [0.25, 0.3) is 0 Å². The molecule has 15 heavy (non-hydrogen) atoms. The number of fused-ring (bicyclic) bond motifs is 1. The molecule has 2 nitrogen and oxygen atoms in total. The van der Waals surface area contributed by atoms with Gasteiger partial charge in [0.15, 0.2) is 0 Å². The Balaban J connectivity index is 2.40. The summed E-state index contributed by atoms with van der Waals surface area (Å²) in [4.78, 5) is 13.4. The van der Waals surface area contributed by atoms with Crippen molar-refractivity contribution < 1.29 is 4.79 Å². The molecule has 80 valence electrons. The zero-order valence-corrected chi connectivity index (χ0v) is 10.5. The van der Waals surface area contributed by atoms with Crippen LogP contribution in [0.5, 0.6) is 0 Å². The van der Waals surface area contributed by atoms with Crippen LogP contribution in [0.2, 0.25) is 0 Å². The Morgan fingerprint density at radius 1 is 1.53 bits per heavy atom. The van der Waals surface area contributed by atoms with E-state index < -0.39 is 0 Å². The highest BCUT2D eigenvalue weighted by molar-refractivity contribution is 9.10. The van der Waals surface area contributed by atoms with Crippen molar-refractivity contribution in [2.75, 3.05) is 17.3 Å². The molecule has 0 atom stereocenters. The number of benzene rings is 1. The van der Waals surface area contributed by atoms with Crippen LogP contribution in [0, 0.1) is 0 Å². The fourth-order valence-electron chi connectivity index (χ4n) is 1.88. The van der Waals surface area contributed by atoms with Crippen LogP contribution in [0.15, 0.2) is 22.7 Å². The smallest absolute Gasteiger partial charge is 0.241 e. The van der Waals surface area contributed by atoms with E-state index >= 15 is 0 Å². The molecular weight excluding hydrogens is 277 g/mol. The van der Waals surface area contributed by atoms with E-state index in [0.29, 0.717) is 0 Å². The number of nitrogens with zero attached hydrogens (tertiary/aromatic N) is 1. The monoisotopic (exact) mass is 287 g/mol. The Bertz CT molecular complexity index is 394. The molecule has 1 aromatic rings. The van der Waals surface area contributed by atoms with Crippen LogP contribution in [-0.2, 0) is 11.2 Å². The van der Waals surface area contributed by atoms with Crippen molar-refractivity contribution in [3.05, 3.63) is 28.2 Å². The van der Waals surface area contributed by atoms with Crippen LogP contribution in [0.25, 0.3) is 0 Å². The quantitative estimate of drug-likeness (QED) is 0.728. The predicted octanol–water partition coefficient (Wildman–Crippen LogP) is 2.97. The molecule has 2 rings (SSSR count). The van der Waals surface area contributed by atoms with Crippen molar-refractivity contribution in [3.63, 3.8) is 0 Å². The first-order chi connectivity index (χ1) is 7.22. The minimum Gasteiger partial charge on any atom is -0.311 e. The average Bonchev–Trinajstić information content (AvgIpc) is 2.27. The molecule has 0 aromatic heterocycles. The summed E-state index contributed by atoms with van der Waals surface area (Å²) in [6, 6.07) is 6.06. The van der Waals surface area contributed by atoms with Crippen molar-refractivity contribution in [2.24, 2.45) is 0 Å². The number of carbonyl (C=O) groups excluding carboxylic acids is 1. The number of hydrogen-bond donors (Lipinski definition) is 0. The first kappa shape index (κ1) is 11.0. The van der Waals surface area contributed by atoms with Gasteiger partial charge in [0.05, 0.1) is 0 Å². The molecule has 0 bridgehead atoms. The number of carbonyl (C=O) groups is 1. The molecule has 1 aliphatic heterocycles. The molecule has 4 heteroatoms. The summed E-state index contributed by atoms with van der Waals surface area (Å²) in [7, 11) is 0. The van der Waals surface area contributed by atoms with E-state index in [9.17, 15) is 4.79 Å². The van der Waals surface area contributed by atoms with Gasteiger partial charge in [-0.25, -0.2) is 0 Å². The second kappa shape index (κ2) is 4.54. The van der Waals surface area contributed by atoms with Gasteiger partial charge in [0.1, 0.15) is 5.88 Å². The SMILES string of the molecule is O=C(CCl)N1CCCc2ccc(Br)cc21. The Labute approximate surface area is 102 Å². The third-order valence-corrected chi connectivity index (χ3v) is 3.30. The average molecular weight is 289 g/mol. The lowest BCUT2D eigenvalue weighted by molar-refractivity contribution is -0.116. The Kier molecular flexibility index (Phi) is 3.32. The molecule has 0 N–H and O–H groups in total. The van der Waals surface area contributed by atoms with Gasteiger partial charge in [-0.15, -0.1) is 11.6 Å². The first-order valence-corrected chi connectivity index (χ1v) is 6.20. The van der Waals surface area contributed by atoms with E-state index in [0.717, 1.165) is 29.5 Å². The molecule has 1 aromatic carbocycles. The highest BCUT2D eigenvalue weighted by Crippen LogP contribution is 2.30. The lowest BCUT2D eigenvalue weighted by Gasteiger charge is -2.29. The largest absolute Gasteiger partial charge is 0.311 e. The van der Waals surface area contributed by atoms with Gasteiger partial charge >= 0.3 is 0 Å². The van der Waals surface area contributed by atoms with E-state index in [1.807, 2.05) is 12.1 Å². The lowest BCUT2D eigenvalue weighted by atomic mass is 10.0. The minimum absolute atomic E-state index is 0.0179. The van der Waals surface area contributed by atoms with Crippen LogP contribution in [0.1, 0.15) is 12.0 Å². The minimum atomic E-state index is -0.0179. The molecule has 0 fully saturated rings. The summed E-state index contributed by atoms with van der Waals surface area (Å²) in [5.41, 5.74) is 2.23. The zero-order chi connectivity index (χ0) is 10.8. The normalized spacial score (nSPS) is 14.9. The van der Waals surface area contributed by atoms with Crippen LogP contribution < -0.4 is 4.90 Å². The fraction of sp³-hybridized carbons (Fsp3) is 0.364. The van der Waals surface area contributed by atoms with Gasteiger partial charge in [-0.05, 0) is 30.5 Å². The van der Waals surface area contributed by atoms with Gasteiger partial charge in [0, 0.05) is 16.7 Å². The maximum Gasteiger partial charge on any atom is 0.241 e. The zero-order valence-electron chi connectivity index (χ0n) is 8.17. The van der Waals surface area contributed by atoms with Gasteiger partial charge in [-0.1, -0.05) is 22.0 Å². The van der Waals surface area contributed by atoms with Crippen LogP contribution in [-0.4, -0.2) is 18.3 Å². The summed E-state index contributed by atoms with van der Waals surface area (Å²) in [5, 5.41) is 0. The number of halogens is 2. The first-order valence-electron chi connectivity index (χ1n) is 4.87. The molecule has 0 saturated heterocycles. The number of rotatable bonds is 1. The topological polar surface area (TPSA) is 20.3 Å². The van der Waals surface area contributed by atoms with Crippen molar-refractivity contribution in [2.45, 2.75) is 12.8 Å². The second-order valence-electron chi connectivity index (χ2n) is 3.56. The third kappa shape index (κ3) is 2.18. The maximum absolute atomic E-state index is 11.6. The van der Waals surface area contributed by atoms with Crippen molar-refractivity contribution in [1.29, 1.82) is 0 Å². The molecule has 0 saturated carbocycles. The summed E-state index contributed by atoms with van der Waals surface area (Å²) >= 11 is 9.01. The lowest BCUT2D eigenvalue weighted by Crippen LogP contribution is -2.36. The maximum atomic E-state index is 11.6. The number of aryl methyl sites for hydroxylation is 1. The molecule has 0 spiro atoms. The van der Waals surface area contributed by atoms with E-state index in [-0.39, 0.29) is 11.8 Å². The van der Waals surface area contributed by atoms with E-state index in [1.165, 1.54) is 5.56 Å². The fourth-order valence-corrected chi connectivity index (χ4v) is 2.37. The Hall–Kier alpha value is -0.540. The summed E-state index contributed by atoms with van der Waals surface area (Å²) in [6.45, 7) is 0.773. The van der Waals surface area contributed by atoms with Gasteiger partial charge < -0.3 is 4.90 Å². The molecule has 0 unspecified atom stereocenters. The predicted molar refractivity (Wildman–Crippen MR) is 65.5 cm³/mol. The van der Waals surface area contributed by atoms with Gasteiger partial charge in [-0.3, -0.25) is 4.79 Å². The summed E-state index contributed by atoms with van der Waals surface area (Å²) < 4.78 is 0.996. The standard InChI is InChI=1S/C11H11BrClNO/c12-9-4-3-8-2-1-5-14(10(8)6-9)11(15)7-13/h3-4,6H,1-2,5,7H2. The second-order valence-corrected chi connectivity index (χ2v) is 4.74. The molecule has 1 aliphatic rings. The van der Waals surface area contributed by atoms with E-state index in [1.54, 1.807) is 4.90 Å². The molecular formula is C11H11BrClNO. The van der Waals surface area contributed by atoms with Crippen molar-refractivity contribution in [3.8, 4) is 0 Å². The van der Waals surface area contributed by atoms with Crippen LogP contribution in [0.4, 0.5) is 5.69 Å². The highest BCUT2D eigenvalue weighted by atomic mass is 79.9. The molecule has 0 aliphatic carbocycles. The molecule has 1 amide bonds. The van der Waals surface area contributed by atoms with Crippen molar-refractivity contribution >= 4 is 39.1 Å². The highest BCUT2D eigenvalue weighted by Gasteiger charge is 2.21. The molecule has 0 radical (unpaired) electrons. The van der Waals surface area contributed by atoms with E-state index in [2.05, 4.69) is 22.0 Å². The number of alkyl halides is 1. The van der Waals surface area contributed by atoms with Crippen molar-refractivity contribution in [1.82, 2.24) is 0 Å². The number of hydrogen-bond acceptors (Lipinski definition) is 1. The number of anilines is 1. The van der Waals surface area contributed by atoms with Crippen LogP contribution in [0.3, 0.4) is 0 Å². The van der Waals surface area contributed by atoms with Crippen LogP contribution >= 0.6 is 27.5 Å². The Morgan fingerprint density at radius 2 is 2.33 bits per heavy atom. The summed E-state index contributed by atoms with van der Waals surface area (Å²) in [5.74, 6) is 0.0297. The van der Waals surface area contributed by atoms with E-state index in [4.69, 9.17) is 11.6 Å².